The summed E-state index contributed by atoms with van der Waals surface area (Å²) in [7, 11) is 0. The lowest BCUT2D eigenvalue weighted by Crippen LogP contribution is -2.48. The van der Waals surface area contributed by atoms with Gasteiger partial charge in [0, 0.05) is 21.8 Å². The topological polar surface area (TPSA) is 68.9 Å². The first-order valence-corrected chi connectivity index (χ1v) is 9.78. The Labute approximate surface area is 177 Å². The summed E-state index contributed by atoms with van der Waals surface area (Å²) in [6.07, 6.45) is 0. The van der Waals surface area contributed by atoms with Gasteiger partial charge in [-0.25, -0.2) is 13.2 Å². The molecule has 5 nitrogen and oxygen atoms in total. The first-order chi connectivity index (χ1) is 14.1. The van der Waals surface area contributed by atoms with Crippen LogP contribution in [-0.2, 0) is 4.74 Å². The number of nitrogens with zero attached hydrogens (tertiary/aromatic N) is 1. The van der Waals surface area contributed by atoms with Gasteiger partial charge in [-0.05, 0) is 44.2 Å². The summed E-state index contributed by atoms with van der Waals surface area (Å²) in [5.74, 6) is -3.76. The van der Waals surface area contributed by atoms with Crippen LogP contribution in [0.3, 0.4) is 0 Å². The van der Waals surface area contributed by atoms with E-state index in [1.807, 2.05) is 6.07 Å². The van der Waals surface area contributed by atoms with Crippen LogP contribution in [0.5, 0.6) is 5.75 Å². The normalized spacial score (nSPS) is 24.4. The Morgan fingerprint density at radius 2 is 1.93 bits per heavy atom. The van der Waals surface area contributed by atoms with Gasteiger partial charge in [-0.2, -0.15) is 0 Å². The molecule has 0 saturated heterocycles. The Hall–Kier alpha value is -2.45. The maximum atomic E-state index is 15.2. The number of rotatable bonds is 3. The fourth-order valence-corrected chi connectivity index (χ4v) is 3.74. The van der Waals surface area contributed by atoms with E-state index in [9.17, 15) is 4.39 Å². The van der Waals surface area contributed by atoms with Crippen LogP contribution in [0.4, 0.5) is 18.9 Å². The van der Waals surface area contributed by atoms with Gasteiger partial charge in [0.15, 0.2) is 0 Å². The van der Waals surface area contributed by atoms with Crippen molar-refractivity contribution < 1.29 is 22.6 Å². The molecule has 0 bridgehead atoms. The van der Waals surface area contributed by atoms with Crippen LogP contribution in [0.15, 0.2) is 41.4 Å². The third kappa shape index (κ3) is 3.58. The van der Waals surface area contributed by atoms with E-state index in [-0.39, 0.29) is 24.0 Å². The molecule has 160 valence electrons. The molecule has 2 unspecified atom stereocenters. The number of hydrogen-bond acceptors (Lipinski definition) is 5. The summed E-state index contributed by atoms with van der Waals surface area (Å²) in [4.78, 5) is 3.89. The second-order valence-corrected chi connectivity index (χ2v) is 8.31. The molecule has 2 atom stereocenters. The molecule has 0 saturated carbocycles. The molecule has 30 heavy (non-hydrogen) atoms. The highest BCUT2D eigenvalue weighted by molar-refractivity contribution is 6.30. The predicted octanol–water partition coefficient (Wildman–Crippen LogP) is 4.87. The predicted molar refractivity (Wildman–Crippen MR) is 109 cm³/mol. The van der Waals surface area contributed by atoms with Gasteiger partial charge in [0.25, 0.3) is 0 Å². The Morgan fingerprint density at radius 1 is 1.17 bits per heavy atom. The molecule has 3 N–H and O–H groups in total. The van der Waals surface area contributed by atoms with Crippen LogP contribution in [0, 0.1) is 5.82 Å². The summed E-state index contributed by atoms with van der Waals surface area (Å²) in [6.45, 7) is 2.56. The lowest BCUT2D eigenvalue weighted by Gasteiger charge is -2.35. The van der Waals surface area contributed by atoms with Crippen molar-refractivity contribution in [3.63, 3.8) is 0 Å². The standard InChI is InChI=1S/C21H21ClF3N3O2/c1-20(2)21(24,25)19(28-18(26)10-30-20)14-8-12(4-6-15(14)23)27-16-9-29-17-7-11(22)3-5-13(16)17/h3-8,16,19,27H,9-10H2,1-2H3,(H2,26,28). The molecule has 2 aromatic rings. The summed E-state index contributed by atoms with van der Waals surface area (Å²) >= 11 is 5.98. The minimum Gasteiger partial charge on any atom is -0.491 e. The Bertz CT molecular complexity index is 1010. The highest BCUT2D eigenvalue weighted by Gasteiger charge is 2.56. The van der Waals surface area contributed by atoms with E-state index in [2.05, 4.69) is 10.3 Å². The van der Waals surface area contributed by atoms with E-state index in [0.717, 1.165) is 11.6 Å². The van der Waals surface area contributed by atoms with Crippen LogP contribution >= 0.6 is 11.6 Å². The molecule has 4 rings (SSSR count). The molecule has 0 aromatic heterocycles. The van der Waals surface area contributed by atoms with Crippen molar-refractivity contribution in [3.05, 3.63) is 58.4 Å². The largest absolute Gasteiger partial charge is 0.491 e. The molecule has 2 aliphatic heterocycles. The monoisotopic (exact) mass is 439 g/mol. The molecule has 0 aliphatic carbocycles. The number of fused-ring (bicyclic) bond motifs is 1. The quantitative estimate of drug-likeness (QED) is 0.716. The summed E-state index contributed by atoms with van der Waals surface area (Å²) in [5.41, 5.74) is 4.91. The number of anilines is 1. The van der Waals surface area contributed by atoms with Gasteiger partial charge in [-0.3, -0.25) is 4.99 Å². The SMILES string of the molecule is CC1(C)OCC(N)=NC(c2cc(NC3COc4cc(Cl)ccc43)ccc2F)C1(F)F. The number of nitrogens with one attached hydrogen (secondary N) is 1. The number of benzene rings is 2. The molecule has 2 aliphatic rings. The highest BCUT2D eigenvalue weighted by Crippen LogP contribution is 2.47. The molecule has 2 heterocycles. The van der Waals surface area contributed by atoms with E-state index in [4.69, 9.17) is 26.8 Å². The fourth-order valence-electron chi connectivity index (χ4n) is 3.58. The fraction of sp³-hybridized carbons (Fsp3) is 0.381. The lowest BCUT2D eigenvalue weighted by atomic mass is 9.89. The van der Waals surface area contributed by atoms with Gasteiger partial charge in [0.1, 0.15) is 42.3 Å². The number of halogens is 4. The van der Waals surface area contributed by atoms with Gasteiger partial charge in [-0.15, -0.1) is 0 Å². The maximum absolute atomic E-state index is 15.2. The Morgan fingerprint density at radius 3 is 2.70 bits per heavy atom. The van der Waals surface area contributed by atoms with E-state index in [1.165, 1.54) is 26.0 Å². The smallest absolute Gasteiger partial charge is 0.301 e. The minimum atomic E-state index is -3.49. The molecule has 0 fully saturated rings. The zero-order chi connectivity index (χ0) is 21.7. The van der Waals surface area contributed by atoms with E-state index in [1.54, 1.807) is 12.1 Å². The number of nitrogens with two attached hydrogens (primary N) is 1. The Balaban J connectivity index is 1.68. The summed E-state index contributed by atoms with van der Waals surface area (Å²) in [5, 5.41) is 3.76. The van der Waals surface area contributed by atoms with Crippen molar-refractivity contribution >= 4 is 23.1 Å². The van der Waals surface area contributed by atoms with Gasteiger partial charge in [0.2, 0.25) is 0 Å². The van der Waals surface area contributed by atoms with Crippen LogP contribution in [0.25, 0.3) is 0 Å². The third-order valence-electron chi connectivity index (χ3n) is 5.41. The zero-order valence-electron chi connectivity index (χ0n) is 16.4. The molecular weight excluding hydrogens is 419 g/mol. The van der Waals surface area contributed by atoms with Gasteiger partial charge in [-0.1, -0.05) is 17.7 Å². The zero-order valence-corrected chi connectivity index (χ0v) is 17.1. The van der Waals surface area contributed by atoms with Crippen molar-refractivity contribution in [3.8, 4) is 5.75 Å². The molecule has 0 spiro atoms. The summed E-state index contributed by atoms with van der Waals surface area (Å²) in [6, 6.07) is 7.18. The van der Waals surface area contributed by atoms with Crippen molar-refractivity contribution in [2.24, 2.45) is 10.7 Å². The lowest BCUT2D eigenvalue weighted by molar-refractivity contribution is -0.191. The number of hydrogen-bond donors (Lipinski definition) is 2. The van der Waals surface area contributed by atoms with Crippen molar-refractivity contribution in [1.29, 1.82) is 0 Å². The van der Waals surface area contributed by atoms with E-state index < -0.39 is 23.4 Å². The van der Waals surface area contributed by atoms with Crippen molar-refractivity contribution in [1.82, 2.24) is 0 Å². The first-order valence-electron chi connectivity index (χ1n) is 9.40. The number of aliphatic imine (C=N–C) groups is 1. The van der Waals surface area contributed by atoms with E-state index in [0.29, 0.717) is 23.1 Å². The van der Waals surface area contributed by atoms with Gasteiger partial charge < -0.3 is 20.5 Å². The maximum Gasteiger partial charge on any atom is 0.301 e. The second kappa shape index (κ2) is 7.35. The molecule has 0 amide bonds. The second-order valence-electron chi connectivity index (χ2n) is 7.87. The molecule has 2 aromatic carbocycles. The van der Waals surface area contributed by atoms with Crippen molar-refractivity contribution in [2.75, 3.05) is 18.5 Å². The average Bonchev–Trinajstić information content (AvgIpc) is 3.04. The number of alkyl halides is 2. The number of amidine groups is 1. The van der Waals surface area contributed by atoms with E-state index >= 15 is 8.78 Å². The van der Waals surface area contributed by atoms with Crippen LogP contribution in [0.1, 0.15) is 37.1 Å². The Kier molecular flexibility index (Phi) is 5.10. The number of ether oxygens (including phenoxy) is 2. The third-order valence-corrected chi connectivity index (χ3v) is 5.65. The molecule has 0 radical (unpaired) electrons. The van der Waals surface area contributed by atoms with Crippen molar-refractivity contribution in [2.45, 2.75) is 37.5 Å². The summed E-state index contributed by atoms with van der Waals surface area (Å²) < 4.78 is 55.9. The van der Waals surface area contributed by atoms with Crippen LogP contribution in [-0.4, -0.2) is 30.6 Å². The molecule has 9 heteroatoms. The van der Waals surface area contributed by atoms with Gasteiger partial charge >= 0.3 is 5.92 Å². The highest BCUT2D eigenvalue weighted by atomic mass is 35.5. The van der Waals surface area contributed by atoms with Crippen LogP contribution in [0.2, 0.25) is 5.02 Å². The minimum absolute atomic E-state index is 0.113. The molecular formula is C21H21ClF3N3O2. The first kappa shape index (κ1) is 20.8. The average molecular weight is 440 g/mol. The van der Waals surface area contributed by atoms with Gasteiger partial charge in [0.05, 0.1) is 6.04 Å². The van der Waals surface area contributed by atoms with Crippen LogP contribution < -0.4 is 15.8 Å².